The lowest BCUT2D eigenvalue weighted by molar-refractivity contribution is -0.155. The highest BCUT2D eigenvalue weighted by Gasteiger charge is 2.26. The first-order valence-corrected chi connectivity index (χ1v) is 6.76. The first-order chi connectivity index (χ1) is 9.29. The van der Waals surface area contributed by atoms with Gasteiger partial charge in [-0.3, -0.25) is 0 Å². The molecule has 0 aromatic heterocycles. The van der Waals surface area contributed by atoms with Crippen LogP contribution in [0.3, 0.4) is 0 Å². The van der Waals surface area contributed by atoms with Crippen molar-refractivity contribution in [3.63, 3.8) is 0 Å². The Bertz CT molecular complexity index is 388. The van der Waals surface area contributed by atoms with Crippen LogP contribution in [-0.2, 0) is 20.9 Å². The minimum atomic E-state index is -0.485. The van der Waals surface area contributed by atoms with Crippen LogP contribution in [0.15, 0.2) is 30.3 Å². The molecule has 0 amide bonds. The van der Waals surface area contributed by atoms with Gasteiger partial charge in [-0.15, -0.1) is 0 Å². The van der Waals surface area contributed by atoms with Gasteiger partial charge in [-0.05, 0) is 31.4 Å². The second-order valence-corrected chi connectivity index (χ2v) is 4.84. The molecule has 1 aromatic rings. The smallest absolute Gasteiger partial charge is 0.335 e. The SMILES string of the molecule is COC(=O)C(CC1CCCN1)OCc1ccccc1. The fourth-order valence-electron chi connectivity index (χ4n) is 2.35. The molecule has 4 nitrogen and oxygen atoms in total. The Hall–Kier alpha value is -1.39. The van der Waals surface area contributed by atoms with E-state index in [1.807, 2.05) is 30.3 Å². The summed E-state index contributed by atoms with van der Waals surface area (Å²) in [4.78, 5) is 11.7. The van der Waals surface area contributed by atoms with Crippen molar-refractivity contribution in [2.45, 2.75) is 38.0 Å². The van der Waals surface area contributed by atoms with Gasteiger partial charge in [0, 0.05) is 6.04 Å². The summed E-state index contributed by atoms with van der Waals surface area (Å²) in [5, 5.41) is 3.38. The van der Waals surface area contributed by atoms with Crippen LogP contribution in [0.25, 0.3) is 0 Å². The van der Waals surface area contributed by atoms with E-state index in [0.717, 1.165) is 24.9 Å². The first-order valence-electron chi connectivity index (χ1n) is 6.76. The van der Waals surface area contributed by atoms with Crippen LogP contribution in [0.1, 0.15) is 24.8 Å². The Labute approximate surface area is 114 Å². The standard InChI is InChI=1S/C15H21NO3/c1-18-15(17)14(10-13-8-5-9-16-13)19-11-12-6-3-2-4-7-12/h2-4,6-7,13-14,16H,5,8-11H2,1H3. The van der Waals surface area contributed by atoms with Gasteiger partial charge in [0.05, 0.1) is 13.7 Å². The third-order valence-electron chi connectivity index (χ3n) is 3.42. The molecule has 0 aliphatic carbocycles. The van der Waals surface area contributed by atoms with Gasteiger partial charge in [0.15, 0.2) is 6.10 Å². The number of hydrogen-bond donors (Lipinski definition) is 1. The Morgan fingerprint density at radius 2 is 2.21 bits per heavy atom. The third-order valence-corrected chi connectivity index (χ3v) is 3.42. The van der Waals surface area contributed by atoms with Crippen molar-refractivity contribution in [1.82, 2.24) is 5.32 Å². The normalized spacial score (nSPS) is 20.2. The molecule has 1 heterocycles. The molecule has 1 fully saturated rings. The van der Waals surface area contributed by atoms with Crippen molar-refractivity contribution in [2.24, 2.45) is 0 Å². The van der Waals surface area contributed by atoms with Crippen molar-refractivity contribution in [2.75, 3.05) is 13.7 Å². The molecule has 0 radical (unpaired) electrons. The molecule has 1 aliphatic rings. The molecule has 0 saturated carbocycles. The highest BCUT2D eigenvalue weighted by Crippen LogP contribution is 2.15. The minimum Gasteiger partial charge on any atom is -0.467 e. The molecular formula is C15H21NO3. The van der Waals surface area contributed by atoms with Crippen LogP contribution in [0.4, 0.5) is 0 Å². The van der Waals surface area contributed by atoms with E-state index in [9.17, 15) is 4.79 Å². The second-order valence-electron chi connectivity index (χ2n) is 4.84. The average Bonchev–Trinajstić information content (AvgIpc) is 2.96. The van der Waals surface area contributed by atoms with E-state index in [4.69, 9.17) is 9.47 Å². The maximum atomic E-state index is 11.7. The molecule has 0 spiro atoms. The average molecular weight is 263 g/mol. The van der Waals surface area contributed by atoms with Crippen LogP contribution >= 0.6 is 0 Å². The topological polar surface area (TPSA) is 47.6 Å². The lowest BCUT2D eigenvalue weighted by atomic mass is 10.1. The molecule has 104 valence electrons. The van der Waals surface area contributed by atoms with E-state index in [0.29, 0.717) is 19.1 Å². The lowest BCUT2D eigenvalue weighted by Crippen LogP contribution is -2.34. The zero-order valence-electron chi connectivity index (χ0n) is 11.3. The number of benzene rings is 1. The number of esters is 1. The summed E-state index contributed by atoms with van der Waals surface area (Å²) in [7, 11) is 1.41. The van der Waals surface area contributed by atoms with Crippen LogP contribution in [0, 0.1) is 0 Å². The van der Waals surface area contributed by atoms with Crippen molar-refractivity contribution < 1.29 is 14.3 Å². The second kappa shape index (κ2) is 7.26. The summed E-state index contributed by atoms with van der Waals surface area (Å²) in [6.07, 6.45) is 2.46. The Kier molecular flexibility index (Phi) is 5.36. The van der Waals surface area contributed by atoms with Gasteiger partial charge in [-0.25, -0.2) is 4.79 Å². The van der Waals surface area contributed by atoms with Crippen molar-refractivity contribution in [3.05, 3.63) is 35.9 Å². The zero-order valence-corrected chi connectivity index (χ0v) is 11.3. The van der Waals surface area contributed by atoms with Gasteiger partial charge in [0.2, 0.25) is 0 Å². The summed E-state index contributed by atoms with van der Waals surface area (Å²) in [6.45, 7) is 1.46. The zero-order chi connectivity index (χ0) is 13.5. The van der Waals surface area contributed by atoms with Crippen LogP contribution in [-0.4, -0.2) is 31.8 Å². The lowest BCUT2D eigenvalue weighted by Gasteiger charge is -2.19. The third kappa shape index (κ3) is 4.33. The van der Waals surface area contributed by atoms with Crippen LogP contribution in [0.2, 0.25) is 0 Å². The highest BCUT2D eigenvalue weighted by molar-refractivity contribution is 5.74. The Morgan fingerprint density at radius 3 is 2.84 bits per heavy atom. The highest BCUT2D eigenvalue weighted by atomic mass is 16.6. The van der Waals surface area contributed by atoms with Gasteiger partial charge in [-0.2, -0.15) is 0 Å². The molecule has 2 unspecified atom stereocenters. The van der Waals surface area contributed by atoms with Crippen molar-refractivity contribution in [1.29, 1.82) is 0 Å². The predicted molar refractivity (Wildman–Crippen MR) is 72.7 cm³/mol. The van der Waals surface area contributed by atoms with Gasteiger partial charge in [0.25, 0.3) is 0 Å². The molecule has 1 aliphatic heterocycles. The minimum absolute atomic E-state index is 0.287. The maximum absolute atomic E-state index is 11.7. The van der Waals surface area contributed by atoms with Gasteiger partial charge >= 0.3 is 5.97 Å². The number of carbonyl (C=O) groups excluding carboxylic acids is 1. The molecule has 1 N–H and O–H groups in total. The molecular weight excluding hydrogens is 242 g/mol. The van der Waals surface area contributed by atoms with E-state index in [1.54, 1.807) is 0 Å². The van der Waals surface area contributed by atoms with E-state index < -0.39 is 6.10 Å². The molecule has 2 atom stereocenters. The van der Waals surface area contributed by atoms with Gasteiger partial charge < -0.3 is 14.8 Å². The maximum Gasteiger partial charge on any atom is 0.335 e. The fourth-order valence-corrected chi connectivity index (χ4v) is 2.35. The summed E-state index contributed by atoms with van der Waals surface area (Å²) in [6, 6.07) is 10.2. The number of nitrogens with one attached hydrogen (secondary N) is 1. The van der Waals surface area contributed by atoms with Crippen molar-refractivity contribution in [3.8, 4) is 0 Å². The molecule has 19 heavy (non-hydrogen) atoms. The molecule has 4 heteroatoms. The number of ether oxygens (including phenoxy) is 2. The number of methoxy groups -OCH3 is 1. The summed E-state index contributed by atoms with van der Waals surface area (Å²) in [5.41, 5.74) is 1.07. The van der Waals surface area contributed by atoms with Crippen LogP contribution < -0.4 is 5.32 Å². The van der Waals surface area contributed by atoms with Gasteiger partial charge in [0.1, 0.15) is 0 Å². The van der Waals surface area contributed by atoms with Crippen LogP contribution in [0.5, 0.6) is 0 Å². The quantitative estimate of drug-likeness (QED) is 0.796. The van der Waals surface area contributed by atoms with Crippen molar-refractivity contribution >= 4 is 5.97 Å². The number of rotatable bonds is 6. The van der Waals surface area contributed by atoms with E-state index in [-0.39, 0.29) is 5.97 Å². The summed E-state index contributed by atoms with van der Waals surface area (Å²) >= 11 is 0. The monoisotopic (exact) mass is 263 g/mol. The predicted octanol–water partition coefficient (Wildman–Crippen LogP) is 1.89. The Morgan fingerprint density at radius 1 is 1.42 bits per heavy atom. The first kappa shape index (κ1) is 14.0. The summed E-state index contributed by atoms with van der Waals surface area (Å²) in [5.74, 6) is -0.287. The fraction of sp³-hybridized carbons (Fsp3) is 0.533. The number of carbonyl (C=O) groups is 1. The molecule has 1 saturated heterocycles. The largest absolute Gasteiger partial charge is 0.467 e. The van der Waals surface area contributed by atoms with E-state index in [1.165, 1.54) is 7.11 Å². The van der Waals surface area contributed by atoms with E-state index >= 15 is 0 Å². The molecule has 1 aromatic carbocycles. The Balaban J connectivity index is 1.88. The summed E-state index contributed by atoms with van der Waals surface area (Å²) < 4.78 is 10.5. The van der Waals surface area contributed by atoms with E-state index in [2.05, 4.69) is 5.32 Å². The number of hydrogen-bond acceptors (Lipinski definition) is 4. The van der Waals surface area contributed by atoms with Gasteiger partial charge in [-0.1, -0.05) is 30.3 Å². The molecule has 0 bridgehead atoms. The molecule has 2 rings (SSSR count).